The van der Waals surface area contributed by atoms with Crippen molar-refractivity contribution in [3.63, 3.8) is 0 Å². The summed E-state index contributed by atoms with van der Waals surface area (Å²) in [4.78, 5) is 16.2. The highest BCUT2D eigenvalue weighted by Crippen LogP contribution is 2.40. The fourth-order valence-electron chi connectivity index (χ4n) is 5.21. The number of nitrogens with zero attached hydrogens (tertiary/aromatic N) is 5. The lowest BCUT2D eigenvalue weighted by molar-refractivity contribution is 0.214. The highest BCUT2D eigenvalue weighted by atomic mass is 16.5. The Morgan fingerprint density at radius 3 is 2.52 bits per heavy atom. The molecule has 0 saturated carbocycles. The average Bonchev–Trinajstić information content (AvgIpc) is 3.35. The van der Waals surface area contributed by atoms with Crippen molar-refractivity contribution < 1.29 is 18.9 Å². The molecule has 0 radical (unpaired) electrons. The molecule has 1 aliphatic heterocycles. The van der Waals surface area contributed by atoms with Crippen molar-refractivity contribution in [2.45, 2.75) is 20.0 Å². The number of hydrogen-bond acceptors (Lipinski definition) is 8. The number of benzene rings is 2. The maximum absolute atomic E-state index is 6.23. The Hall–Kier alpha value is -4.63. The molecule has 6 rings (SSSR count). The second kappa shape index (κ2) is 10.9. The van der Waals surface area contributed by atoms with Gasteiger partial charge in [-0.2, -0.15) is 0 Å². The molecule has 1 aliphatic rings. The summed E-state index contributed by atoms with van der Waals surface area (Å²) < 4.78 is 25.2. The molecule has 0 atom stereocenters. The Labute approximate surface area is 232 Å². The van der Waals surface area contributed by atoms with Gasteiger partial charge in [0, 0.05) is 66.5 Å². The summed E-state index contributed by atoms with van der Waals surface area (Å²) >= 11 is 0. The van der Waals surface area contributed by atoms with Crippen molar-refractivity contribution in [1.29, 1.82) is 0 Å². The second-order valence-electron chi connectivity index (χ2n) is 9.69. The third kappa shape index (κ3) is 4.80. The molecule has 0 spiro atoms. The first-order valence-electron chi connectivity index (χ1n) is 13.1. The van der Waals surface area contributed by atoms with Crippen molar-refractivity contribution in [2.24, 2.45) is 0 Å². The lowest BCUT2D eigenvalue weighted by Crippen LogP contribution is -2.26. The van der Waals surface area contributed by atoms with E-state index in [1.165, 1.54) is 0 Å². The highest BCUT2D eigenvalue weighted by Gasteiger charge is 2.23. The van der Waals surface area contributed by atoms with E-state index in [1.807, 2.05) is 41.1 Å². The Morgan fingerprint density at radius 1 is 0.925 bits per heavy atom. The van der Waals surface area contributed by atoms with Crippen LogP contribution < -0.4 is 18.9 Å². The predicted molar refractivity (Wildman–Crippen MR) is 153 cm³/mol. The molecule has 4 heterocycles. The second-order valence-corrected chi connectivity index (χ2v) is 9.69. The summed E-state index contributed by atoms with van der Waals surface area (Å²) in [5.41, 5.74) is 5.79. The number of aromatic nitrogens is 4. The minimum atomic E-state index is 0.553. The van der Waals surface area contributed by atoms with Crippen molar-refractivity contribution in [1.82, 2.24) is 24.4 Å². The van der Waals surface area contributed by atoms with E-state index in [9.17, 15) is 0 Å². The molecule has 9 nitrogen and oxygen atoms in total. The lowest BCUT2D eigenvalue weighted by atomic mass is 10.0. The van der Waals surface area contributed by atoms with Crippen molar-refractivity contribution in [3.8, 4) is 40.2 Å². The number of pyridine rings is 1. The normalized spacial score (nSPS) is 13.4. The third-order valence-corrected chi connectivity index (χ3v) is 7.20. The predicted octanol–water partition coefficient (Wildman–Crippen LogP) is 5.21. The molecule has 0 saturated heterocycles. The van der Waals surface area contributed by atoms with E-state index in [0.717, 1.165) is 57.0 Å². The molecule has 204 valence electrons. The zero-order valence-corrected chi connectivity index (χ0v) is 23.0. The Balaban J connectivity index is 1.37. The summed E-state index contributed by atoms with van der Waals surface area (Å²) in [6, 6.07) is 16.0. The standard InChI is InChI=1S/C31H31N5O4/c1-20-13-26(34-29-25(20)16-24(37-2)17-27(29)38-3)21-14-22-18-35(11-12-40-30(22)28(15-21)39-4)19-23-7-5-10-36(23)31-32-8-6-9-33-31/h5-10,13-17H,11-12,18-19H2,1-4H3. The number of ether oxygens (including phenoxy) is 4. The fourth-order valence-corrected chi connectivity index (χ4v) is 5.21. The molecule has 40 heavy (non-hydrogen) atoms. The van der Waals surface area contributed by atoms with E-state index >= 15 is 0 Å². The van der Waals surface area contributed by atoms with Gasteiger partial charge in [0.1, 0.15) is 23.6 Å². The van der Waals surface area contributed by atoms with Crippen LogP contribution in [0.1, 0.15) is 16.8 Å². The molecule has 2 aromatic carbocycles. The molecule has 0 amide bonds. The van der Waals surface area contributed by atoms with Crippen molar-refractivity contribution in [2.75, 3.05) is 34.5 Å². The smallest absolute Gasteiger partial charge is 0.233 e. The largest absolute Gasteiger partial charge is 0.497 e. The third-order valence-electron chi connectivity index (χ3n) is 7.20. The summed E-state index contributed by atoms with van der Waals surface area (Å²) in [6.07, 6.45) is 5.50. The van der Waals surface area contributed by atoms with Crippen LogP contribution in [0.3, 0.4) is 0 Å². The van der Waals surface area contributed by atoms with Gasteiger partial charge in [0.15, 0.2) is 11.5 Å². The van der Waals surface area contributed by atoms with Gasteiger partial charge in [-0.3, -0.25) is 9.47 Å². The van der Waals surface area contributed by atoms with Gasteiger partial charge >= 0.3 is 0 Å². The van der Waals surface area contributed by atoms with Crippen LogP contribution >= 0.6 is 0 Å². The molecule has 9 heteroatoms. The molecule has 0 fully saturated rings. The van der Waals surface area contributed by atoms with Gasteiger partial charge in [-0.15, -0.1) is 0 Å². The molecule has 5 aromatic rings. The van der Waals surface area contributed by atoms with Gasteiger partial charge in [-0.1, -0.05) is 0 Å². The van der Waals surface area contributed by atoms with E-state index in [2.05, 4.69) is 40.0 Å². The summed E-state index contributed by atoms with van der Waals surface area (Å²) in [5, 5.41) is 0.988. The Morgan fingerprint density at radius 2 is 1.75 bits per heavy atom. The molecule has 3 aromatic heterocycles. The van der Waals surface area contributed by atoms with Crippen LogP contribution in [0, 0.1) is 6.92 Å². The minimum Gasteiger partial charge on any atom is -0.497 e. The molecule has 0 unspecified atom stereocenters. The summed E-state index contributed by atoms with van der Waals surface area (Å²) in [5.74, 6) is 3.52. The van der Waals surface area contributed by atoms with Crippen molar-refractivity contribution in [3.05, 3.63) is 83.9 Å². The first kappa shape index (κ1) is 25.6. The zero-order chi connectivity index (χ0) is 27.6. The van der Waals surface area contributed by atoms with Gasteiger partial charge in [-0.25, -0.2) is 15.0 Å². The van der Waals surface area contributed by atoms with Crippen LogP contribution in [0.25, 0.3) is 28.1 Å². The van der Waals surface area contributed by atoms with E-state index in [0.29, 0.717) is 37.1 Å². The van der Waals surface area contributed by atoms with Gasteiger partial charge in [0.2, 0.25) is 5.95 Å². The van der Waals surface area contributed by atoms with Gasteiger partial charge in [0.25, 0.3) is 0 Å². The molecular formula is C31H31N5O4. The van der Waals surface area contributed by atoms with E-state index in [-0.39, 0.29) is 0 Å². The molecule has 0 N–H and O–H groups in total. The van der Waals surface area contributed by atoms with Crippen LogP contribution in [0.5, 0.6) is 23.0 Å². The zero-order valence-electron chi connectivity index (χ0n) is 23.0. The number of aryl methyl sites for hydroxylation is 1. The minimum absolute atomic E-state index is 0.553. The number of fused-ring (bicyclic) bond motifs is 2. The number of hydrogen-bond donors (Lipinski definition) is 0. The van der Waals surface area contributed by atoms with Crippen LogP contribution in [0.4, 0.5) is 0 Å². The Kier molecular flexibility index (Phi) is 6.96. The first-order valence-corrected chi connectivity index (χ1v) is 13.1. The number of methoxy groups -OCH3 is 3. The number of rotatable bonds is 7. The van der Waals surface area contributed by atoms with Gasteiger partial charge < -0.3 is 18.9 Å². The monoisotopic (exact) mass is 537 g/mol. The van der Waals surface area contributed by atoms with Crippen LogP contribution in [-0.4, -0.2) is 58.9 Å². The van der Waals surface area contributed by atoms with Crippen LogP contribution in [-0.2, 0) is 13.1 Å². The van der Waals surface area contributed by atoms with Crippen LogP contribution in [0.2, 0.25) is 0 Å². The van der Waals surface area contributed by atoms with Gasteiger partial charge in [0.05, 0.1) is 27.0 Å². The van der Waals surface area contributed by atoms with Crippen molar-refractivity contribution >= 4 is 10.9 Å². The first-order chi connectivity index (χ1) is 19.6. The lowest BCUT2D eigenvalue weighted by Gasteiger charge is -2.20. The highest BCUT2D eigenvalue weighted by molar-refractivity contribution is 5.91. The molecular weight excluding hydrogens is 506 g/mol. The average molecular weight is 538 g/mol. The summed E-state index contributed by atoms with van der Waals surface area (Å²) in [6.45, 7) is 4.79. The van der Waals surface area contributed by atoms with E-state index < -0.39 is 0 Å². The maximum atomic E-state index is 6.23. The topological polar surface area (TPSA) is 83.8 Å². The fraction of sp³-hybridized carbons (Fsp3) is 0.258. The molecule has 0 bridgehead atoms. The quantitative estimate of drug-likeness (QED) is 0.280. The van der Waals surface area contributed by atoms with Crippen LogP contribution in [0.15, 0.2) is 67.1 Å². The van der Waals surface area contributed by atoms with E-state index in [1.54, 1.807) is 33.7 Å². The molecule has 0 aliphatic carbocycles. The SMILES string of the molecule is COc1cc(OC)c2nc(-c3cc4c(c(OC)c3)OCCN(Cc3cccn3-c3ncccn3)C4)cc(C)c2c1. The maximum Gasteiger partial charge on any atom is 0.233 e. The van der Waals surface area contributed by atoms with E-state index in [4.69, 9.17) is 23.9 Å². The summed E-state index contributed by atoms with van der Waals surface area (Å²) in [7, 11) is 4.97. The van der Waals surface area contributed by atoms with Gasteiger partial charge in [-0.05, 0) is 55.0 Å². The Bertz CT molecular complexity index is 1670.